The van der Waals surface area contributed by atoms with Gasteiger partial charge in [-0.1, -0.05) is 29.9 Å². The maximum atomic E-state index is 13.0. The lowest BCUT2D eigenvalue weighted by molar-refractivity contribution is -0.122. The van der Waals surface area contributed by atoms with E-state index in [0.717, 1.165) is 29.8 Å². The van der Waals surface area contributed by atoms with Crippen LogP contribution in [-0.2, 0) is 17.8 Å². The van der Waals surface area contributed by atoms with Crippen molar-refractivity contribution in [1.82, 2.24) is 9.88 Å². The lowest BCUT2D eigenvalue weighted by atomic mass is 9.85. The third kappa shape index (κ3) is 3.69. The molecule has 142 valence electrons. The molecule has 1 aromatic heterocycles. The standard InChI is InChI=1S/C20H23N3O3S/c1-2-26-16-9-4-3-8-14(16)19(25)23-11-10-15-17(12-23)27-20(21-15)22-18(24)13-6-5-7-13/h3-4,8-9,13H,2,5-7,10-12H2,1H3,(H,21,22,24). The molecule has 6 nitrogen and oxygen atoms in total. The van der Waals surface area contributed by atoms with Crippen molar-refractivity contribution >= 4 is 28.3 Å². The van der Waals surface area contributed by atoms with Gasteiger partial charge in [-0.05, 0) is 31.9 Å². The molecule has 1 N–H and O–H groups in total. The molecule has 2 heterocycles. The van der Waals surface area contributed by atoms with Crippen LogP contribution in [0.15, 0.2) is 24.3 Å². The van der Waals surface area contributed by atoms with Crippen LogP contribution >= 0.6 is 11.3 Å². The highest BCUT2D eigenvalue weighted by atomic mass is 32.1. The summed E-state index contributed by atoms with van der Waals surface area (Å²) in [6, 6.07) is 7.36. The van der Waals surface area contributed by atoms with E-state index in [9.17, 15) is 9.59 Å². The number of hydrogen-bond donors (Lipinski definition) is 1. The molecule has 0 saturated heterocycles. The molecule has 1 aliphatic carbocycles. The second-order valence-electron chi connectivity index (χ2n) is 6.91. The van der Waals surface area contributed by atoms with Gasteiger partial charge in [0, 0.05) is 23.8 Å². The molecule has 0 unspecified atom stereocenters. The van der Waals surface area contributed by atoms with E-state index in [0.29, 0.717) is 42.6 Å². The van der Waals surface area contributed by atoms with Gasteiger partial charge in [-0.15, -0.1) is 0 Å². The fraction of sp³-hybridized carbons (Fsp3) is 0.450. The highest BCUT2D eigenvalue weighted by Crippen LogP contribution is 2.32. The normalized spacial score (nSPS) is 16.4. The van der Waals surface area contributed by atoms with Gasteiger partial charge in [-0.2, -0.15) is 0 Å². The fourth-order valence-electron chi connectivity index (χ4n) is 3.40. The Kier molecular flexibility index (Phi) is 5.11. The van der Waals surface area contributed by atoms with Crippen LogP contribution in [0.4, 0.5) is 5.13 Å². The van der Waals surface area contributed by atoms with Gasteiger partial charge in [0.1, 0.15) is 5.75 Å². The average Bonchev–Trinajstić information content (AvgIpc) is 3.01. The first kappa shape index (κ1) is 18.0. The van der Waals surface area contributed by atoms with Crippen molar-refractivity contribution in [2.75, 3.05) is 18.5 Å². The summed E-state index contributed by atoms with van der Waals surface area (Å²) in [5.41, 5.74) is 1.58. The molecule has 0 atom stereocenters. The zero-order valence-corrected chi connectivity index (χ0v) is 16.2. The Morgan fingerprint density at radius 2 is 2.15 bits per heavy atom. The van der Waals surface area contributed by atoms with Crippen LogP contribution in [0, 0.1) is 5.92 Å². The summed E-state index contributed by atoms with van der Waals surface area (Å²) in [6.45, 7) is 3.57. The van der Waals surface area contributed by atoms with E-state index in [4.69, 9.17) is 4.74 Å². The molecule has 1 saturated carbocycles. The fourth-order valence-corrected chi connectivity index (χ4v) is 4.42. The van der Waals surface area contributed by atoms with Crippen molar-refractivity contribution < 1.29 is 14.3 Å². The van der Waals surface area contributed by atoms with Gasteiger partial charge in [0.05, 0.1) is 24.4 Å². The lowest BCUT2D eigenvalue weighted by Crippen LogP contribution is -2.35. The third-order valence-electron chi connectivity index (χ3n) is 5.14. The number of carbonyl (C=O) groups is 2. The lowest BCUT2D eigenvalue weighted by Gasteiger charge is -2.26. The molecule has 1 fully saturated rings. The van der Waals surface area contributed by atoms with E-state index in [-0.39, 0.29) is 17.7 Å². The van der Waals surface area contributed by atoms with Crippen LogP contribution in [0.25, 0.3) is 0 Å². The minimum Gasteiger partial charge on any atom is -0.493 e. The maximum Gasteiger partial charge on any atom is 0.257 e. The molecule has 1 aromatic carbocycles. The summed E-state index contributed by atoms with van der Waals surface area (Å²) in [5.74, 6) is 0.802. The molecule has 2 aromatic rings. The predicted molar refractivity (Wildman–Crippen MR) is 104 cm³/mol. The summed E-state index contributed by atoms with van der Waals surface area (Å²) in [5, 5.41) is 3.60. The Labute approximate surface area is 162 Å². The van der Waals surface area contributed by atoms with Crippen molar-refractivity contribution in [2.24, 2.45) is 5.92 Å². The molecule has 0 spiro atoms. The Hall–Kier alpha value is -2.41. The molecule has 0 radical (unpaired) electrons. The SMILES string of the molecule is CCOc1ccccc1C(=O)N1CCc2nc(NC(=O)C3CCC3)sc2C1. The van der Waals surface area contributed by atoms with Gasteiger partial charge in [-0.3, -0.25) is 9.59 Å². The number of ether oxygens (including phenoxy) is 1. The Morgan fingerprint density at radius 3 is 2.89 bits per heavy atom. The third-order valence-corrected chi connectivity index (χ3v) is 6.14. The number of para-hydroxylation sites is 1. The molecule has 4 rings (SSSR count). The molecule has 7 heteroatoms. The highest BCUT2D eigenvalue weighted by molar-refractivity contribution is 7.15. The average molecular weight is 385 g/mol. The summed E-state index contributed by atoms with van der Waals surface area (Å²) < 4.78 is 5.60. The van der Waals surface area contributed by atoms with Crippen LogP contribution in [0.5, 0.6) is 5.75 Å². The summed E-state index contributed by atoms with van der Waals surface area (Å²) in [4.78, 5) is 32.6. The van der Waals surface area contributed by atoms with E-state index < -0.39 is 0 Å². The minimum absolute atomic E-state index is 0.0295. The van der Waals surface area contributed by atoms with Crippen LogP contribution in [0.1, 0.15) is 47.1 Å². The molecule has 2 amide bonds. The van der Waals surface area contributed by atoms with Crippen LogP contribution in [0.3, 0.4) is 0 Å². The van der Waals surface area contributed by atoms with Crippen molar-refractivity contribution in [3.8, 4) is 5.75 Å². The first-order valence-electron chi connectivity index (χ1n) is 9.46. The number of aromatic nitrogens is 1. The zero-order chi connectivity index (χ0) is 18.8. The Morgan fingerprint density at radius 1 is 1.33 bits per heavy atom. The van der Waals surface area contributed by atoms with Crippen LogP contribution in [0.2, 0.25) is 0 Å². The number of anilines is 1. The van der Waals surface area contributed by atoms with Crippen molar-refractivity contribution in [3.05, 3.63) is 40.4 Å². The Bertz CT molecular complexity index is 860. The van der Waals surface area contributed by atoms with E-state index in [2.05, 4.69) is 10.3 Å². The number of amides is 2. The Balaban J connectivity index is 1.46. The summed E-state index contributed by atoms with van der Waals surface area (Å²) >= 11 is 1.48. The number of carbonyl (C=O) groups excluding carboxylic acids is 2. The maximum absolute atomic E-state index is 13.0. The predicted octanol–water partition coefficient (Wildman–Crippen LogP) is 3.48. The monoisotopic (exact) mass is 385 g/mol. The van der Waals surface area contributed by atoms with Crippen molar-refractivity contribution in [2.45, 2.75) is 39.2 Å². The van der Waals surface area contributed by atoms with Crippen LogP contribution in [-0.4, -0.2) is 34.8 Å². The first-order valence-corrected chi connectivity index (χ1v) is 10.3. The zero-order valence-electron chi connectivity index (χ0n) is 15.4. The second kappa shape index (κ2) is 7.68. The van der Waals surface area contributed by atoms with E-state index in [1.165, 1.54) is 11.3 Å². The van der Waals surface area contributed by atoms with Gasteiger partial charge in [0.25, 0.3) is 5.91 Å². The number of nitrogens with zero attached hydrogens (tertiary/aromatic N) is 2. The number of thiazole rings is 1. The molecule has 2 aliphatic rings. The van der Waals surface area contributed by atoms with Crippen LogP contribution < -0.4 is 10.1 Å². The van der Waals surface area contributed by atoms with E-state index in [1.807, 2.05) is 30.0 Å². The topological polar surface area (TPSA) is 71.5 Å². The molecule has 0 bridgehead atoms. The van der Waals surface area contributed by atoms with Crippen molar-refractivity contribution in [3.63, 3.8) is 0 Å². The second-order valence-corrected chi connectivity index (χ2v) is 8.00. The largest absolute Gasteiger partial charge is 0.493 e. The van der Waals surface area contributed by atoms with Gasteiger partial charge in [0.15, 0.2) is 5.13 Å². The summed E-state index contributed by atoms with van der Waals surface area (Å²) in [7, 11) is 0. The summed E-state index contributed by atoms with van der Waals surface area (Å²) in [6.07, 6.45) is 3.78. The number of rotatable bonds is 5. The van der Waals surface area contributed by atoms with Gasteiger partial charge >= 0.3 is 0 Å². The van der Waals surface area contributed by atoms with Gasteiger partial charge in [-0.25, -0.2) is 4.98 Å². The van der Waals surface area contributed by atoms with E-state index >= 15 is 0 Å². The number of benzene rings is 1. The minimum atomic E-state index is -0.0295. The van der Waals surface area contributed by atoms with Gasteiger partial charge < -0.3 is 15.0 Å². The van der Waals surface area contributed by atoms with Gasteiger partial charge in [0.2, 0.25) is 5.91 Å². The number of hydrogen-bond acceptors (Lipinski definition) is 5. The van der Waals surface area contributed by atoms with Crippen molar-refractivity contribution in [1.29, 1.82) is 0 Å². The highest BCUT2D eigenvalue weighted by Gasteiger charge is 2.29. The first-order chi connectivity index (χ1) is 13.2. The molecular formula is C20H23N3O3S. The smallest absolute Gasteiger partial charge is 0.257 e. The quantitative estimate of drug-likeness (QED) is 0.855. The molecular weight excluding hydrogens is 362 g/mol. The molecule has 27 heavy (non-hydrogen) atoms. The number of nitrogens with one attached hydrogen (secondary N) is 1. The number of fused-ring (bicyclic) bond motifs is 1. The van der Waals surface area contributed by atoms with E-state index in [1.54, 1.807) is 6.07 Å². The molecule has 1 aliphatic heterocycles.